The number of methoxy groups -OCH3 is 1. The van der Waals surface area contributed by atoms with Gasteiger partial charge in [-0.2, -0.15) is 0 Å². The molecule has 0 radical (unpaired) electrons. The first-order valence-electron chi connectivity index (χ1n) is 6.04. The van der Waals surface area contributed by atoms with Crippen molar-refractivity contribution in [3.05, 3.63) is 0 Å². The van der Waals surface area contributed by atoms with Gasteiger partial charge in [0, 0.05) is 19.1 Å². The van der Waals surface area contributed by atoms with Gasteiger partial charge in [-0.05, 0) is 19.3 Å². The number of rotatable bonds is 4. The van der Waals surface area contributed by atoms with E-state index in [2.05, 4.69) is 15.4 Å². The van der Waals surface area contributed by atoms with Crippen molar-refractivity contribution in [2.45, 2.75) is 31.3 Å². The lowest BCUT2D eigenvalue weighted by molar-refractivity contribution is -0.129. The van der Waals surface area contributed by atoms with E-state index < -0.39 is 6.09 Å². The summed E-state index contributed by atoms with van der Waals surface area (Å²) in [5.74, 6) is 0.117. The van der Waals surface area contributed by atoms with Gasteiger partial charge in [-0.15, -0.1) is 0 Å². The van der Waals surface area contributed by atoms with Gasteiger partial charge < -0.3 is 20.3 Å². The number of amides is 2. The van der Waals surface area contributed by atoms with E-state index in [1.807, 2.05) is 0 Å². The fourth-order valence-electron chi connectivity index (χ4n) is 1.96. The molecule has 1 saturated heterocycles. The molecule has 1 aliphatic heterocycles. The van der Waals surface area contributed by atoms with Gasteiger partial charge in [0.05, 0.1) is 19.7 Å². The number of likely N-dealkylation sites (tertiary alicyclic amines) is 1. The first-order chi connectivity index (χ1) is 8.19. The Kier molecular flexibility index (Phi) is 3.83. The number of nitrogens with zero attached hydrogens (tertiary/aromatic N) is 1. The zero-order valence-corrected chi connectivity index (χ0v) is 10.1. The van der Waals surface area contributed by atoms with Crippen LogP contribution in [0.1, 0.15) is 19.3 Å². The van der Waals surface area contributed by atoms with Crippen molar-refractivity contribution >= 4 is 12.0 Å². The van der Waals surface area contributed by atoms with Crippen LogP contribution in [-0.4, -0.2) is 55.7 Å². The summed E-state index contributed by atoms with van der Waals surface area (Å²) in [6, 6.07) is 0.567. The van der Waals surface area contributed by atoms with Crippen molar-refractivity contribution in [3.63, 3.8) is 0 Å². The number of carbonyl (C=O) groups excluding carboxylic acids is 2. The molecule has 1 unspecified atom stereocenters. The van der Waals surface area contributed by atoms with Gasteiger partial charge in [-0.25, -0.2) is 4.79 Å². The molecule has 0 bridgehead atoms. The highest BCUT2D eigenvalue weighted by Gasteiger charge is 2.28. The number of nitrogens with one attached hydrogen (secondary N) is 2. The monoisotopic (exact) mass is 241 g/mol. The second kappa shape index (κ2) is 5.35. The number of hydrogen-bond acceptors (Lipinski definition) is 4. The van der Waals surface area contributed by atoms with Gasteiger partial charge in [0.25, 0.3) is 0 Å². The highest BCUT2D eigenvalue weighted by atomic mass is 16.5. The molecule has 0 aromatic rings. The molecule has 1 saturated carbocycles. The average molecular weight is 241 g/mol. The van der Waals surface area contributed by atoms with Crippen molar-refractivity contribution in [2.75, 3.05) is 26.7 Å². The highest BCUT2D eigenvalue weighted by Crippen LogP contribution is 2.18. The summed E-state index contributed by atoms with van der Waals surface area (Å²) in [5.41, 5.74) is 0. The average Bonchev–Trinajstić information content (AvgIpc) is 3.05. The van der Waals surface area contributed by atoms with E-state index in [4.69, 9.17) is 0 Å². The summed E-state index contributed by atoms with van der Waals surface area (Å²) in [5, 5.41) is 5.91. The Bertz CT molecular complexity index is 304. The summed E-state index contributed by atoms with van der Waals surface area (Å²) >= 11 is 0. The van der Waals surface area contributed by atoms with Crippen LogP contribution < -0.4 is 10.6 Å². The Morgan fingerprint density at radius 1 is 1.29 bits per heavy atom. The molecule has 0 aromatic carbocycles. The normalized spacial score (nSPS) is 23.6. The largest absolute Gasteiger partial charge is 0.453 e. The van der Waals surface area contributed by atoms with Crippen molar-refractivity contribution in [1.29, 1.82) is 0 Å². The van der Waals surface area contributed by atoms with Crippen LogP contribution in [0.15, 0.2) is 0 Å². The predicted octanol–water partition coefficient (Wildman–Crippen LogP) is -0.305. The molecule has 2 amide bonds. The molecular weight excluding hydrogens is 222 g/mol. The van der Waals surface area contributed by atoms with Crippen LogP contribution in [0.2, 0.25) is 0 Å². The number of alkyl carbamates (subject to hydrolysis) is 1. The highest BCUT2D eigenvalue weighted by molar-refractivity contribution is 5.78. The fourth-order valence-corrected chi connectivity index (χ4v) is 1.96. The third-order valence-electron chi connectivity index (χ3n) is 3.17. The van der Waals surface area contributed by atoms with Gasteiger partial charge in [0.1, 0.15) is 0 Å². The van der Waals surface area contributed by atoms with E-state index in [9.17, 15) is 9.59 Å². The van der Waals surface area contributed by atoms with Gasteiger partial charge in [-0.1, -0.05) is 0 Å². The molecule has 1 atom stereocenters. The molecule has 2 aliphatic rings. The molecule has 1 heterocycles. The van der Waals surface area contributed by atoms with Crippen LogP contribution in [0.5, 0.6) is 0 Å². The standard InChI is InChI=1S/C11H19N3O3/c1-17-11(16)13-9-4-5-14(7-9)10(15)6-12-8-2-3-8/h8-9,12H,2-7H2,1H3,(H,13,16). The zero-order chi connectivity index (χ0) is 12.3. The minimum absolute atomic E-state index is 0.0207. The first-order valence-corrected chi connectivity index (χ1v) is 6.04. The van der Waals surface area contributed by atoms with Gasteiger partial charge in [-0.3, -0.25) is 4.79 Å². The maximum Gasteiger partial charge on any atom is 0.407 e. The van der Waals surface area contributed by atoms with Crippen LogP contribution in [0.25, 0.3) is 0 Å². The molecule has 2 rings (SSSR count). The Morgan fingerprint density at radius 3 is 2.71 bits per heavy atom. The molecule has 6 nitrogen and oxygen atoms in total. The molecule has 0 spiro atoms. The van der Waals surface area contributed by atoms with Crippen LogP contribution in [0, 0.1) is 0 Å². The molecule has 1 aliphatic carbocycles. The zero-order valence-electron chi connectivity index (χ0n) is 10.1. The van der Waals surface area contributed by atoms with E-state index in [-0.39, 0.29) is 11.9 Å². The van der Waals surface area contributed by atoms with Crippen molar-refractivity contribution in [3.8, 4) is 0 Å². The van der Waals surface area contributed by atoms with Crippen LogP contribution in [-0.2, 0) is 9.53 Å². The Hall–Kier alpha value is -1.30. The molecule has 96 valence electrons. The summed E-state index contributed by atoms with van der Waals surface area (Å²) in [6.45, 7) is 1.70. The number of carbonyl (C=O) groups is 2. The van der Waals surface area contributed by atoms with E-state index in [0.717, 1.165) is 6.42 Å². The van der Waals surface area contributed by atoms with Crippen molar-refractivity contribution in [2.24, 2.45) is 0 Å². The predicted molar refractivity (Wildman–Crippen MR) is 61.6 cm³/mol. The lowest BCUT2D eigenvalue weighted by atomic mass is 10.3. The molecule has 0 aromatic heterocycles. The van der Waals surface area contributed by atoms with Crippen LogP contribution in [0.4, 0.5) is 4.79 Å². The molecule has 17 heavy (non-hydrogen) atoms. The SMILES string of the molecule is COC(=O)NC1CCN(C(=O)CNC2CC2)C1. The van der Waals surface area contributed by atoms with E-state index in [1.54, 1.807) is 4.90 Å². The lowest BCUT2D eigenvalue weighted by Crippen LogP contribution is -2.41. The Balaban J connectivity index is 1.68. The number of hydrogen-bond donors (Lipinski definition) is 2. The van der Waals surface area contributed by atoms with E-state index in [1.165, 1.54) is 20.0 Å². The van der Waals surface area contributed by atoms with Crippen LogP contribution in [0.3, 0.4) is 0 Å². The van der Waals surface area contributed by atoms with Gasteiger partial charge in [0.15, 0.2) is 0 Å². The summed E-state index contributed by atoms with van der Waals surface area (Å²) in [4.78, 5) is 24.6. The summed E-state index contributed by atoms with van der Waals surface area (Å²) in [7, 11) is 1.34. The maximum absolute atomic E-state index is 11.8. The fraction of sp³-hybridized carbons (Fsp3) is 0.818. The van der Waals surface area contributed by atoms with Crippen molar-refractivity contribution < 1.29 is 14.3 Å². The molecule has 2 N–H and O–H groups in total. The maximum atomic E-state index is 11.8. The summed E-state index contributed by atoms with van der Waals surface area (Å²) < 4.78 is 4.53. The Labute approximate surface area is 101 Å². The summed E-state index contributed by atoms with van der Waals surface area (Å²) in [6.07, 6.45) is 2.73. The van der Waals surface area contributed by atoms with E-state index >= 15 is 0 Å². The minimum atomic E-state index is -0.430. The lowest BCUT2D eigenvalue weighted by Gasteiger charge is -2.17. The third kappa shape index (κ3) is 3.59. The van der Waals surface area contributed by atoms with Crippen molar-refractivity contribution in [1.82, 2.24) is 15.5 Å². The quantitative estimate of drug-likeness (QED) is 0.708. The molecule has 6 heteroatoms. The molecular formula is C11H19N3O3. The van der Waals surface area contributed by atoms with Gasteiger partial charge in [0.2, 0.25) is 5.91 Å². The Morgan fingerprint density at radius 2 is 2.06 bits per heavy atom. The smallest absolute Gasteiger partial charge is 0.407 e. The van der Waals surface area contributed by atoms with Gasteiger partial charge >= 0.3 is 6.09 Å². The number of ether oxygens (including phenoxy) is 1. The second-order valence-electron chi connectivity index (χ2n) is 4.62. The molecule has 2 fully saturated rings. The minimum Gasteiger partial charge on any atom is -0.453 e. The second-order valence-corrected chi connectivity index (χ2v) is 4.62. The van der Waals surface area contributed by atoms with Crippen LogP contribution >= 0.6 is 0 Å². The van der Waals surface area contributed by atoms with E-state index in [0.29, 0.717) is 25.7 Å². The topological polar surface area (TPSA) is 70.7 Å². The first kappa shape index (κ1) is 12.2. The third-order valence-corrected chi connectivity index (χ3v) is 3.17.